The van der Waals surface area contributed by atoms with E-state index in [0.717, 1.165) is 25.2 Å². The highest BCUT2D eigenvalue weighted by atomic mass is 16.3. The summed E-state index contributed by atoms with van der Waals surface area (Å²) in [6, 6.07) is 0. The van der Waals surface area contributed by atoms with Gasteiger partial charge < -0.3 is 9.67 Å². The molecule has 1 N–H and O–H groups in total. The first-order chi connectivity index (χ1) is 6.83. The zero-order chi connectivity index (χ0) is 9.54. The van der Waals surface area contributed by atoms with Gasteiger partial charge in [0.15, 0.2) is 0 Å². The SMILES string of the molecule is OC1CCn2cc(C3CCC3)nc2C1. The second-order valence-electron chi connectivity index (χ2n) is 4.55. The summed E-state index contributed by atoms with van der Waals surface area (Å²) in [5.74, 6) is 1.80. The molecule has 1 unspecified atom stereocenters. The largest absolute Gasteiger partial charge is 0.393 e. The van der Waals surface area contributed by atoms with Crippen LogP contribution in [0.1, 0.15) is 43.1 Å². The topological polar surface area (TPSA) is 38.0 Å². The smallest absolute Gasteiger partial charge is 0.111 e. The average molecular weight is 192 g/mol. The van der Waals surface area contributed by atoms with Crippen molar-refractivity contribution in [1.82, 2.24) is 9.55 Å². The summed E-state index contributed by atoms with van der Waals surface area (Å²) < 4.78 is 2.22. The van der Waals surface area contributed by atoms with E-state index in [1.807, 2.05) is 0 Å². The van der Waals surface area contributed by atoms with Gasteiger partial charge in [0.1, 0.15) is 5.82 Å². The molecule has 0 amide bonds. The lowest BCUT2D eigenvalue weighted by molar-refractivity contribution is 0.141. The van der Waals surface area contributed by atoms with Crippen LogP contribution in [0.15, 0.2) is 6.20 Å². The standard InChI is InChI=1S/C11H16N2O/c14-9-4-5-13-7-10(8-2-1-3-8)12-11(13)6-9/h7-9,14H,1-6H2. The fourth-order valence-corrected chi connectivity index (χ4v) is 2.33. The molecule has 1 saturated carbocycles. The summed E-state index contributed by atoms with van der Waals surface area (Å²) in [6.45, 7) is 0.941. The third-order valence-electron chi connectivity index (χ3n) is 3.52. The van der Waals surface area contributed by atoms with Crippen molar-refractivity contribution in [1.29, 1.82) is 0 Å². The third kappa shape index (κ3) is 1.27. The average Bonchev–Trinajstić information content (AvgIpc) is 2.43. The molecule has 0 spiro atoms. The van der Waals surface area contributed by atoms with Gasteiger partial charge in [0, 0.05) is 25.1 Å². The lowest BCUT2D eigenvalue weighted by Gasteiger charge is -2.22. The number of hydrogen-bond acceptors (Lipinski definition) is 2. The lowest BCUT2D eigenvalue weighted by Crippen LogP contribution is -2.22. The van der Waals surface area contributed by atoms with Crippen LogP contribution in [0.2, 0.25) is 0 Å². The first kappa shape index (κ1) is 8.48. The van der Waals surface area contributed by atoms with Crippen LogP contribution in [0.5, 0.6) is 0 Å². The first-order valence-corrected chi connectivity index (χ1v) is 5.57. The van der Waals surface area contributed by atoms with E-state index in [-0.39, 0.29) is 6.10 Å². The Labute approximate surface area is 83.8 Å². The summed E-state index contributed by atoms with van der Waals surface area (Å²) in [7, 11) is 0. The van der Waals surface area contributed by atoms with Crippen molar-refractivity contribution < 1.29 is 5.11 Å². The number of aliphatic hydroxyl groups excluding tert-OH is 1. The number of nitrogens with zero attached hydrogens (tertiary/aromatic N) is 2. The van der Waals surface area contributed by atoms with Crippen LogP contribution >= 0.6 is 0 Å². The van der Waals surface area contributed by atoms with Gasteiger partial charge in [-0.3, -0.25) is 0 Å². The van der Waals surface area contributed by atoms with Crippen molar-refractivity contribution in [3.8, 4) is 0 Å². The van der Waals surface area contributed by atoms with E-state index in [4.69, 9.17) is 0 Å². The summed E-state index contributed by atoms with van der Waals surface area (Å²) in [5.41, 5.74) is 1.26. The lowest BCUT2D eigenvalue weighted by atomic mass is 9.83. The Balaban J connectivity index is 1.87. The number of aryl methyl sites for hydroxylation is 1. The maximum absolute atomic E-state index is 9.52. The van der Waals surface area contributed by atoms with Crippen molar-refractivity contribution in [3.63, 3.8) is 0 Å². The quantitative estimate of drug-likeness (QED) is 0.731. The van der Waals surface area contributed by atoms with Gasteiger partial charge in [0.25, 0.3) is 0 Å². The molecule has 1 aromatic rings. The summed E-state index contributed by atoms with van der Waals surface area (Å²) in [6.07, 6.45) is 7.62. The molecule has 3 nitrogen and oxygen atoms in total. The van der Waals surface area contributed by atoms with E-state index in [9.17, 15) is 5.11 Å². The molecule has 76 valence electrons. The van der Waals surface area contributed by atoms with E-state index in [2.05, 4.69) is 15.7 Å². The fourth-order valence-electron chi connectivity index (χ4n) is 2.33. The molecule has 0 aromatic carbocycles. The second-order valence-corrected chi connectivity index (χ2v) is 4.55. The predicted molar refractivity (Wildman–Crippen MR) is 53.1 cm³/mol. The molecule has 0 saturated heterocycles. The van der Waals surface area contributed by atoms with E-state index in [1.54, 1.807) is 0 Å². The van der Waals surface area contributed by atoms with E-state index in [1.165, 1.54) is 25.0 Å². The molecular formula is C11H16N2O. The van der Waals surface area contributed by atoms with Crippen molar-refractivity contribution in [3.05, 3.63) is 17.7 Å². The van der Waals surface area contributed by atoms with E-state index in [0.29, 0.717) is 5.92 Å². The minimum absolute atomic E-state index is 0.167. The maximum Gasteiger partial charge on any atom is 0.111 e. The minimum Gasteiger partial charge on any atom is -0.393 e. The van der Waals surface area contributed by atoms with E-state index < -0.39 is 0 Å². The zero-order valence-electron chi connectivity index (χ0n) is 8.32. The zero-order valence-corrected chi connectivity index (χ0v) is 8.32. The minimum atomic E-state index is -0.167. The molecule has 0 radical (unpaired) electrons. The number of aliphatic hydroxyl groups is 1. The van der Waals surface area contributed by atoms with Gasteiger partial charge in [-0.05, 0) is 19.3 Å². The molecule has 2 heterocycles. The second kappa shape index (κ2) is 3.09. The molecular weight excluding hydrogens is 176 g/mol. The molecule has 3 heteroatoms. The Morgan fingerprint density at radius 3 is 2.93 bits per heavy atom. The van der Waals surface area contributed by atoms with Crippen LogP contribution in [-0.2, 0) is 13.0 Å². The number of aromatic nitrogens is 2. The van der Waals surface area contributed by atoms with Crippen molar-refractivity contribution in [2.24, 2.45) is 0 Å². The highest BCUT2D eigenvalue weighted by molar-refractivity contribution is 5.13. The number of fused-ring (bicyclic) bond motifs is 1. The number of imidazole rings is 1. The van der Waals surface area contributed by atoms with E-state index >= 15 is 0 Å². The van der Waals surface area contributed by atoms with Gasteiger partial charge in [-0.2, -0.15) is 0 Å². The molecule has 3 rings (SSSR count). The van der Waals surface area contributed by atoms with Crippen LogP contribution in [-0.4, -0.2) is 20.8 Å². The van der Waals surface area contributed by atoms with Crippen LogP contribution < -0.4 is 0 Å². The van der Waals surface area contributed by atoms with Gasteiger partial charge in [-0.1, -0.05) is 6.42 Å². The summed E-state index contributed by atoms with van der Waals surface area (Å²) in [4.78, 5) is 4.63. The van der Waals surface area contributed by atoms with Crippen LogP contribution in [0, 0.1) is 0 Å². The van der Waals surface area contributed by atoms with Crippen molar-refractivity contribution in [2.45, 2.75) is 50.7 Å². The van der Waals surface area contributed by atoms with Gasteiger partial charge >= 0.3 is 0 Å². The van der Waals surface area contributed by atoms with Crippen LogP contribution in [0.25, 0.3) is 0 Å². The van der Waals surface area contributed by atoms with Gasteiger partial charge in [-0.25, -0.2) is 4.98 Å². The predicted octanol–water partition coefficient (Wildman–Crippen LogP) is 1.46. The van der Waals surface area contributed by atoms with Gasteiger partial charge in [0.05, 0.1) is 11.8 Å². The molecule has 2 aliphatic rings. The highest BCUT2D eigenvalue weighted by Crippen LogP contribution is 2.36. The summed E-state index contributed by atoms with van der Waals surface area (Å²) in [5, 5.41) is 9.52. The van der Waals surface area contributed by atoms with Crippen LogP contribution in [0.4, 0.5) is 0 Å². The number of rotatable bonds is 1. The molecule has 1 aromatic heterocycles. The Hall–Kier alpha value is -0.830. The maximum atomic E-state index is 9.52. The highest BCUT2D eigenvalue weighted by Gasteiger charge is 2.25. The van der Waals surface area contributed by atoms with Crippen molar-refractivity contribution >= 4 is 0 Å². The summed E-state index contributed by atoms with van der Waals surface area (Å²) >= 11 is 0. The Bertz CT molecular complexity index is 341. The molecule has 1 atom stereocenters. The van der Waals surface area contributed by atoms with Gasteiger partial charge in [0.2, 0.25) is 0 Å². The normalized spacial score (nSPS) is 27.1. The van der Waals surface area contributed by atoms with Crippen LogP contribution in [0.3, 0.4) is 0 Å². The number of hydrogen-bond donors (Lipinski definition) is 1. The molecule has 1 fully saturated rings. The Morgan fingerprint density at radius 1 is 1.36 bits per heavy atom. The molecule has 1 aliphatic carbocycles. The third-order valence-corrected chi connectivity index (χ3v) is 3.52. The Morgan fingerprint density at radius 2 is 2.21 bits per heavy atom. The fraction of sp³-hybridized carbons (Fsp3) is 0.727. The monoisotopic (exact) mass is 192 g/mol. The molecule has 0 bridgehead atoms. The van der Waals surface area contributed by atoms with Gasteiger partial charge in [-0.15, -0.1) is 0 Å². The van der Waals surface area contributed by atoms with Crippen molar-refractivity contribution in [2.75, 3.05) is 0 Å². The molecule has 14 heavy (non-hydrogen) atoms. The Kier molecular flexibility index (Phi) is 1.87. The first-order valence-electron chi connectivity index (χ1n) is 5.57. The molecule has 1 aliphatic heterocycles.